The number of nitrogens with one attached hydrogen (secondary N) is 2. The van der Waals surface area contributed by atoms with E-state index in [1.54, 1.807) is 50.6 Å². The molecule has 0 aliphatic rings. The average Bonchev–Trinajstić information content (AvgIpc) is 2.93. The van der Waals surface area contributed by atoms with E-state index in [9.17, 15) is 13.2 Å². The van der Waals surface area contributed by atoms with Gasteiger partial charge in [-0.25, -0.2) is 18.4 Å². The van der Waals surface area contributed by atoms with Crippen LogP contribution >= 0.6 is 0 Å². The van der Waals surface area contributed by atoms with Gasteiger partial charge in [-0.1, -0.05) is 18.2 Å². The fourth-order valence-electron chi connectivity index (χ4n) is 4.06. The van der Waals surface area contributed by atoms with Crippen LogP contribution in [0.5, 0.6) is 11.5 Å². The van der Waals surface area contributed by atoms with Gasteiger partial charge in [-0.2, -0.15) is 0 Å². The number of carbonyl (C=O) groups excluding carboxylic acids is 1. The number of aromatic nitrogens is 2. The standard InChI is InChI=1S/C29H33N5O5S/c1-34(2)14-8-13-28(35)30-20-9-7-10-24(17-20)40(36,37)19-27-29(33-26-12-6-5-11-25(26)32-27)31-21-15-22(38-3)18-23(16-21)39-4/h5-7,9-12,15-18H,8,13-14,19H2,1-4H3,(H,30,35)(H,31,33). The van der Waals surface area contributed by atoms with E-state index in [1.807, 2.05) is 37.2 Å². The van der Waals surface area contributed by atoms with Crippen LogP contribution in [0.2, 0.25) is 0 Å². The fraction of sp³-hybridized carbons (Fsp3) is 0.276. The molecular formula is C29H33N5O5S. The third kappa shape index (κ3) is 7.45. The minimum absolute atomic E-state index is 0.0718. The minimum atomic E-state index is -3.86. The van der Waals surface area contributed by atoms with Crippen LogP contribution in [0.4, 0.5) is 17.2 Å². The lowest BCUT2D eigenvalue weighted by molar-refractivity contribution is -0.116. The second-order valence-electron chi connectivity index (χ2n) is 9.48. The summed E-state index contributed by atoms with van der Waals surface area (Å²) in [6.45, 7) is 0.785. The lowest BCUT2D eigenvalue weighted by Gasteiger charge is -2.14. The number of sulfone groups is 1. The topological polar surface area (TPSA) is 123 Å². The molecule has 4 aromatic rings. The maximum atomic E-state index is 13.6. The average molecular weight is 564 g/mol. The first-order chi connectivity index (χ1) is 19.2. The van der Waals surface area contributed by atoms with Crippen LogP contribution < -0.4 is 20.1 Å². The summed E-state index contributed by atoms with van der Waals surface area (Å²) < 4.78 is 37.9. The van der Waals surface area contributed by atoms with Crippen molar-refractivity contribution in [2.45, 2.75) is 23.5 Å². The van der Waals surface area contributed by atoms with E-state index in [2.05, 4.69) is 20.6 Å². The van der Waals surface area contributed by atoms with Gasteiger partial charge in [0.1, 0.15) is 17.3 Å². The molecule has 0 fully saturated rings. The smallest absolute Gasteiger partial charge is 0.224 e. The Morgan fingerprint density at radius 1 is 0.875 bits per heavy atom. The van der Waals surface area contributed by atoms with E-state index in [1.165, 1.54) is 12.1 Å². The number of fused-ring (bicyclic) bond motifs is 1. The highest BCUT2D eigenvalue weighted by atomic mass is 32.2. The number of benzene rings is 3. The van der Waals surface area contributed by atoms with Gasteiger partial charge in [-0.15, -0.1) is 0 Å². The van der Waals surface area contributed by atoms with Crippen molar-refractivity contribution in [2.24, 2.45) is 0 Å². The third-order valence-electron chi connectivity index (χ3n) is 6.07. The summed E-state index contributed by atoms with van der Waals surface area (Å²) >= 11 is 0. The molecular weight excluding hydrogens is 530 g/mol. The lowest BCUT2D eigenvalue weighted by atomic mass is 10.2. The number of para-hydroxylation sites is 2. The van der Waals surface area contributed by atoms with Crippen LogP contribution in [0.25, 0.3) is 11.0 Å². The van der Waals surface area contributed by atoms with Gasteiger partial charge in [-0.05, 0) is 57.4 Å². The Morgan fingerprint density at radius 2 is 1.55 bits per heavy atom. The summed E-state index contributed by atoms with van der Waals surface area (Å²) in [7, 11) is 3.13. The van der Waals surface area contributed by atoms with Crippen LogP contribution in [-0.4, -0.2) is 64.1 Å². The largest absolute Gasteiger partial charge is 0.497 e. The van der Waals surface area contributed by atoms with Crippen LogP contribution in [0.1, 0.15) is 18.5 Å². The molecule has 3 aromatic carbocycles. The molecule has 1 amide bonds. The molecule has 11 heteroatoms. The van der Waals surface area contributed by atoms with E-state index >= 15 is 0 Å². The van der Waals surface area contributed by atoms with E-state index in [-0.39, 0.29) is 16.5 Å². The molecule has 10 nitrogen and oxygen atoms in total. The highest BCUT2D eigenvalue weighted by Crippen LogP contribution is 2.30. The van der Waals surface area contributed by atoms with Gasteiger partial charge in [0.25, 0.3) is 0 Å². The minimum Gasteiger partial charge on any atom is -0.497 e. The molecule has 1 aromatic heterocycles. The summed E-state index contributed by atoms with van der Waals surface area (Å²) in [6.07, 6.45) is 1.04. The molecule has 0 saturated carbocycles. The maximum Gasteiger partial charge on any atom is 0.224 e. The van der Waals surface area contributed by atoms with Crippen molar-refractivity contribution >= 4 is 44.0 Å². The first-order valence-electron chi connectivity index (χ1n) is 12.7. The number of hydrogen-bond acceptors (Lipinski definition) is 9. The molecule has 0 aliphatic heterocycles. The molecule has 2 N–H and O–H groups in total. The zero-order chi connectivity index (χ0) is 28.7. The van der Waals surface area contributed by atoms with E-state index in [0.29, 0.717) is 52.6 Å². The van der Waals surface area contributed by atoms with Gasteiger partial charge in [0.2, 0.25) is 5.91 Å². The predicted octanol–water partition coefficient (Wildman–Crippen LogP) is 4.64. The molecule has 0 radical (unpaired) electrons. The molecule has 1 heterocycles. The SMILES string of the molecule is COc1cc(Nc2nc3ccccc3nc2CS(=O)(=O)c2cccc(NC(=O)CCCN(C)C)c2)cc(OC)c1. The summed E-state index contributed by atoms with van der Waals surface area (Å²) in [4.78, 5) is 23.8. The molecule has 4 rings (SSSR count). The molecule has 0 bridgehead atoms. The summed E-state index contributed by atoms with van der Waals surface area (Å²) in [5, 5.41) is 5.99. The van der Waals surface area contributed by atoms with Gasteiger partial charge in [-0.3, -0.25) is 4.79 Å². The number of ether oxygens (including phenoxy) is 2. The lowest BCUT2D eigenvalue weighted by Crippen LogP contribution is -2.17. The number of nitrogens with zero attached hydrogens (tertiary/aromatic N) is 3. The number of carbonyl (C=O) groups is 1. The fourth-order valence-corrected chi connectivity index (χ4v) is 5.38. The van der Waals surface area contributed by atoms with Gasteiger partial charge in [0.15, 0.2) is 15.7 Å². The van der Waals surface area contributed by atoms with Crippen LogP contribution in [0.3, 0.4) is 0 Å². The second kappa shape index (κ2) is 12.8. The quantitative estimate of drug-likeness (QED) is 0.254. The number of amides is 1. The van der Waals surface area contributed by atoms with Crippen molar-refractivity contribution in [3.63, 3.8) is 0 Å². The Kier molecular flexibility index (Phi) is 9.18. The van der Waals surface area contributed by atoms with Gasteiger partial charge < -0.3 is 25.0 Å². The summed E-state index contributed by atoms with van der Waals surface area (Å²) in [5.74, 6) is 0.838. The van der Waals surface area contributed by atoms with E-state index in [4.69, 9.17) is 9.47 Å². The number of anilines is 3. The van der Waals surface area contributed by atoms with E-state index < -0.39 is 15.6 Å². The summed E-state index contributed by atoms with van der Waals surface area (Å²) in [6, 6.07) is 18.7. The number of rotatable bonds is 12. The Balaban J connectivity index is 1.63. The highest BCUT2D eigenvalue weighted by Gasteiger charge is 2.21. The van der Waals surface area contributed by atoms with Crippen molar-refractivity contribution in [3.05, 3.63) is 72.4 Å². The monoisotopic (exact) mass is 563 g/mol. The van der Waals surface area contributed by atoms with Crippen LogP contribution in [0.15, 0.2) is 71.6 Å². The summed E-state index contributed by atoms with van der Waals surface area (Å²) in [5.41, 5.74) is 2.44. The first kappa shape index (κ1) is 28.8. The Hall–Kier alpha value is -4.22. The normalized spacial score (nSPS) is 11.4. The van der Waals surface area contributed by atoms with Crippen molar-refractivity contribution in [1.29, 1.82) is 0 Å². The third-order valence-corrected chi connectivity index (χ3v) is 7.70. The molecule has 0 spiro atoms. The van der Waals surface area contributed by atoms with Crippen LogP contribution in [0, 0.1) is 0 Å². The molecule has 210 valence electrons. The number of methoxy groups -OCH3 is 2. The zero-order valence-electron chi connectivity index (χ0n) is 23.0. The highest BCUT2D eigenvalue weighted by molar-refractivity contribution is 7.90. The second-order valence-corrected chi connectivity index (χ2v) is 11.5. The first-order valence-corrected chi connectivity index (χ1v) is 14.4. The Labute approximate surface area is 234 Å². The van der Waals surface area contributed by atoms with Gasteiger partial charge >= 0.3 is 0 Å². The molecule has 0 aliphatic carbocycles. The predicted molar refractivity (Wildman–Crippen MR) is 156 cm³/mol. The Morgan fingerprint density at radius 3 is 2.20 bits per heavy atom. The van der Waals surface area contributed by atoms with Crippen molar-refractivity contribution in [2.75, 3.05) is 45.5 Å². The zero-order valence-corrected chi connectivity index (χ0v) is 23.8. The Bertz CT molecular complexity index is 1590. The molecule has 0 unspecified atom stereocenters. The maximum absolute atomic E-state index is 13.6. The molecule has 0 atom stereocenters. The van der Waals surface area contributed by atoms with Gasteiger partial charge in [0, 0.05) is 36.0 Å². The van der Waals surface area contributed by atoms with Crippen molar-refractivity contribution in [3.8, 4) is 11.5 Å². The van der Waals surface area contributed by atoms with Crippen molar-refractivity contribution in [1.82, 2.24) is 14.9 Å². The number of hydrogen-bond donors (Lipinski definition) is 2. The van der Waals surface area contributed by atoms with Crippen LogP contribution in [-0.2, 0) is 20.4 Å². The van der Waals surface area contributed by atoms with Crippen molar-refractivity contribution < 1.29 is 22.7 Å². The van der Waals surface area contributed by atoms with Gasteiger partial charge in [0.05, 0.1) is 35.8 Å². The molecule has 0 saturated heterocycles. The molecule has 40 heavy (non-hydrogen) atoms. The van der Waals surface area contributed by atoms with E-state index in [0.717, 1.165) is 6.54 Å².